The van der Waals surface area contributed by atoms with Gasteiger partial charge in [-0.05, 0) is 68.0 Å². The maximum Gasteiger partial charge on any atom is 0.326 e. The first-order valence-electron chi connectivity index (χ1n) is 14.2. The summed E-state index contributed by atoms with van der Waals surface area (Å²) in [6, 6.07) is 10.2. The molecular formula is C30H40N4O7. The predicted octanol–water partition coefficient (Wildman–Crippen LogP) is 1.93. The smallest absolute Gasteiger partial charge is 0.326 e. The molecule has 41 heavy (non-hydrogen) atoms. The van der Waals surface area contributed by atoms with Crippen LogP contribution in [-0.2, 0) is 30.4 Å². The number of fused-ring (bicyclic) bond motifs is 1. The van der Waals surface area contributed by atoms with Crippen LogP contribution in [0.1, 0.15) is 51.0 Å². The first-order valence-corrected chi connectivity index (χ1v) is 14.2. The lowest BCUT2D eigenvalue weighted by Crippen LogP contribution is -2.54. The molecule has 2 aromatic rings. The molecule has 1 aliphatic rings. The zero-order valence-electron chi connectivity index (χ0n) is 23.4. The van der Waals surface area contributed by atoms with Gasteiger partial charge in [0.05, 0.1) is 13.0 Å². The van der Waals surface area contributed by atoms with Crippen LogP contribution in [0.3, 0.4) is 0 Å². The van der Waals surface area contributed by atoms with Gasteiger partial charge < -0.3 is 31.1 Å². The van der Waals surface area contributed by atoms with Gasteiger partial charge in [0.2, 0.25) is 17.7 Å². The highest BCUT2D eigenvalue weighted by Crippen LogP contribution is 2.19. The molecule has 3 amide bonds. The fourth-order valence-corrected chi connectivity index (χ4v) is 5.12. The van der Waals surface area contributed by atoms with Gasteiger partial charge in [0.15, 0.2) is 0 Å². The second-order valence-electron chi connectivity index (χ2n) is 10.5. The summed E-state index contributed by atoms with van der Waals surface area (Å²) in [5.74, 6) is -3.84. The largest absolute Gasteiger partial charge is 0.481 e. The van der Waals surface area contributed by atoms with Crippen LogP contribution in [0.2, 0.25) is 0 Å². The maximum absolute atomic E-state index is 13.0. The summed E-state index contributed by atoms with van der Waals surface area (Å²) in [6.07, 6.45) is 3.38. The number of nitrogens with one attached hydrogen (secondary N) is 3. The van der Waals surface area contributed by atoms with E-state index >= 15 is 0 Å². The number of carbonyl (C=O) groups is 5. The number of rotatable bonds is 15. The molecule has 0 spiro atoms. The second kappa shape index (κ2) is 15.7. The molecule has 2 atom stereocenters. The Bertz CT molecular complexity index is 1230. The number of likely N-dealkylation sites (N-methyl/N-ethyl adjacent to an activating group) is 1. The molecule has 0 unspecified atom stereocenters. The molecule has 0 saturated carbocycles. The molecule has 11 nitrogen and oxygen atoms in total. The van der Waals surface area contributed by atoms with Gasteiger partial charge >= 0.3 is 11.9 Å². The van der Waals surface area contributed by atoms with Crippen molar-refractivity contribution in [1.82, 2.24) is 20.9 Å². The van der Waals surface area contributed by atoms with Crippen molar-refractivity contribution in [2.24, 2.45) is 5.92 Å². The Balaban J connectivity index is 1.57. The first kappa shape index (κ1) is 31.5. The molecule has 1 saturated heterocycles. The minimum atomic E-state index is -1.51. The third-order valence-corrected chi connectivity index (χ3v) is 7.43. The highest BCUT2D eigenvalue weighted by molar-refractivity contribution is 5.94. The number of carboxylic acids is 2. The molecule has 2 aromatic carbocycles. The molecule has 5 N–H and O–H groups in total. The molecule has 3 rings (SSSR count). The Morgan fingerprint density at radius 1 is 0.976 bits per heavy atom. The number of aliphatic carboxylic acids is 2. The summed E-state index contributed by atoms with van der Waals surface area (Å²) in [5, 5.41) is 29.0. The average Bonchev–Trinajstić information content (AvgIpc) is 2.95. The van der Waals surface area contributed by atoms with E-state index in [2.05, 4.69) is 16.0 Å². The van der Waals surface area contributed by atoms with Gasteiger partial charge in [0, 0.05) is 19.4 Å². The van der Waals surface area contributed by atoms with Crippen LogP contribution in [0.5, 0.6) is 0 Å². The zero-order valence-corrected chi connectivity index (χ0v) is 23.4. The Morgan fingerprint density at radius 2 is 1.68 bits per heavy atom. The Morgan fingerprint density at radius 3 is 2.34 bits per heavy atom. The molecule has 0 aromatic heterocycles. The van der Waals surface area contributed by atoms with Crippen LogP contribution in [0.15, 0.2) is 42.5 Å². The van der Waals surface area contributed by atoms with Gasteiger partial charge in [-0.1, -0.05) is 42.5 Å². The quantitative estimate of drug-likeness (QED) is 0.217. The number of hydrogen-bond donors (Lipinski definition) is 5. The second-order valence-corrected chi connectivity index (χ2v) is 10.5. The maximum atomic E-state index is 13.0. The Labute approximate surface area is 239 Å². The van der Waals surface area contributed by atoms with Crippen molar-refractivity contribution < 1.29 is 34.2 Å². The number of nitrogens with zero attached hydrogens (tertiary/aromatic N) is 1. The average molecular weight is 569 g/mol. The lowest BCUT2D eigenvalue weighted by Gasteiger charge is -2.25. The monoisotopic (exact) mass is 568 g/mol. The van der Waals surface area contributed by atoms with Crippen LogP contribution in [0.25, 0.3) is 10.8 Å². The fourth-order valence-electron chi connectivity index (χ4n) is 5.12. The topological polar surface area (TPSA) is 165 Å². The van der Waals surface area contributed by atoms with Gasteiger partial charge in [-0.2, -0.15) is 0 Å². The molecular weight excluding hydrogens is 528 g/mol. The van der Waals surface area contributed by atoms with Crippen molar-refractivity contribution in [3.05, 3.63) is 48.0 Å². The predicted molar refractivity (Wildman–Crippen MR) is 153 cm³/mol. The lowest BCUT2D eigenvalue weighted by atomic mass is 9.92. The number of piperidine rings is 1. The van der Waals surface area contributed by atoms with Crippen molar-refractivity contribution >= 4 is 40.4 Å². The number of carboxylic acid groups (broad SMARTS) is 2. The number of hydrogen-bond acceptors (Lipinski definition) is 6. The lowest BCUT2D eigenvalue weighted by molar-refractivity contribution is -0.144. The van der Waals surface area contributed by atoms with Crippen molar-refractivity contribution in [2.45, 2.75) is 64.0 Å². The summed E-state index contributed by atoms with van der Waals surface area (Å²) >= 11 is 0. The summed E-state index contributed by atoms with van der Waals surface area (Å²) in [5.41, 5.74) is 0.674. The third-order valence-electron chi connectivity index (χ3n) is 7.43. The van der Waals surface area contributed by atoms with Gasteiger partial charge in [0.25, 0.3) is 0 Å². The van der Waals surface area contributed by atoms with E-state index in [0.29, 0.717) is 17.9 Å². The number of carbonyl (C=O) groups excluding carboxylic acids is 3. The van der Waals surface area contributed by atoms with E-state index in [1.807, 2.05) is 36.4 Å². The molecule has 1 aliphatic heterocycles. The summed E-state index contributed by atoms with van der Waals surface area (Å²) in [6.45, 7) is 3.67. The Hall–Kier alpha value is -3.99. The molecule has 11 heteroatoms. The first-order chi connectivity index (χ1) is 19.7. The van der Waals surface area contributed by atoms with Crippen LogP contribution in [0.4, 0.5) is 0 Å². The normalized spacial score (nSPS) is 15.0. The number of amides is 3. The third kappa shape index (κ3) is 10.2. The van der Waals surface area contributed by atoms with Gasteiger partial charge in [-0.3, -0.25) is 19.2 Å². The number of benzene rings is 2. The molecule has 1 fully saturated rings. The zero-order chi connectivity index (χ0) is 29.8. The van der Waals surface area contributed by atoms with E-state index in [1.165, 1.54) is 4.90 Å². The standard InChI is InChI=1S/C30H40N4O7/c1-2-34(27(36)9-5-6-20-12-14-31-15-13-20)19-26(35)32-24(18-28(37)38)29(39)33-25(30(40)41)17-21-10-11-22-7-3-4-8-23(22)16-21/h3-4,7-8,10-11,16,20,24-25,31H,2,5-6,9,12-15,17-19H2,1H3,(H,32,35)(H,33,39)(H,37,38)(H,40,41)/t24-,25-/m0/s1. The van der Waals surface area contributed by atoms with Crippen LogP contribution >= 0.6 is 0 Å². The molecule has 0 aliphatic carbocycles. The fraction of sp³-hybridized carbons (Fsp3) is 0.500. The van der Waals surface area contributed by atoms with Gasteiger partial charge in [0.1, 0.15) is 12.1 Å². The van der Waals surface area contributed by atoms with E-state index in [9.17, 15) is 34.2 Å². The summed E-state index contributed by atoms with van der Waals surface area (Å²) in [7, 11) is 0. The molecule has 0 radical (unpaired) electrons. The molecule has 222 valence electrons. The van der Waals surface area contributed by atoms with Crippen molar-refractivity contribution in [1.29, 1.82) is 0 Å². The minimum Gasteiger partial charge on any atom is -0.481 e. The van der Waals surface area contributed by atoms with Crippen LogP contribution in [-0.4, -0.2) is 83.0 Å². The van der Waals surface area contributed by atoms with Crippen LogP contribution in [0, 0.1) is 5.92 Å². The van der Waals surface area contributed by atoms with Crippen molar-refractivity contribution in [3.63, 3.8) is 0 Å². The van der Waals surface area contributed by atoms with E-state index in [0.717, 1.165) is 49.5 Å². The van der Waals surface area contributed by atoms with Crippen molar-refractivity contribution in [3.8, 4) is 0 Å². The van der Waals surface area contributed by atoms with Crippen LogP contribution < -0.4 is 16.0 Å². The van der Waals surface area contributed by atoms with E-state index in [1.54, 1.807) is 13.0 Å². The Kier molecular flexibility index (Phi) is 12.1. The summed E-state index contributed by atoms with van der Waals surface area (Å²) < 4.78 is 0. The van der Waals surface area contributed by atoms with Gasteiger partial charge in [-0.25, -0.2) is 4.79 Å². The van der Waals surface area contributed by atoms with Gasteiger partial charge in [-0.15, -0.1) is 0 Å². The molecule has 1 heterocycles. The van der Waals surface area contributed by atoms with E-state index in [-0.39, 0.29) is 25.4 Å². The highest BCUT2D eigenvalue weighted by Gasteiger charge is 2.29. The highest BCUT2D eigenvalue weighted by atomic mass is 16.4. The van der Waals surface area contributed by atoms with E-state index < -0.39 is 42.3 Å². The molecule has 0 bridgehead atoms. The van der Waals surface area contributed by atoms with Crippen molar-refractivity contribution in [2.75, 3.05) is 26.2 Å². The summed E-state index contributed by atoms with van der Waals surface area (Å²) in [4.78, 5) is 63.2. The minimum absolute atomic E-state index is 0.0326. The van der Waals surface area contributed by atoms with E-state index in [4.69, 9.17) is 0 Å². The SMILES string of the molecule is CCN(CC(=O)N[C@@H](CC(=O)O)C(=O)N[C@@H](Cc1ccc2ccccc2c1)C(=O)O)C(=O)CCCC1CCNCC1.